The number of nitrogen functional groups attached to an aromatic ring is 1. The molecule has 5 nitrogen and oxygen atoms in total. The van der Waals surface area contributed by atoms with Crippen LogP contribution in [0.4, 0.5) is 5.82 Å². The van der Waals surface area contributed by atoms with E-state index < -0.39 is 0 Å². The summed E-state index contributed by atoms with van der Waals surface area (Å²) in [5, 5.41) is 7.19. The Morgan fingerprint density at radius 2 is 2.32 bits per heavy atom. The Morgan fingerprint density at radius 3 is 2.91 bits per heavy atom. The first kappa shape index (κ1) is 15.1. The first-order chi connectivity index (χ1) is 10.4. The van der Waals surface area contributed by atoms with Gasteiger partial charge in [-0.2, -0.15) is 5.10 Å². The maximum absolute atomic E-state index is 12.0. The van der Waals surface area contributed by atoms with Crippen molar-refractivity contribution < 1.29 is 4.79 Å². The summed E-state index contributed by atoms with van der Waals surface area (Å²) in [5.74, 6) is 2.08. The van der Waals surface area contributed by atoms with E-state index in [2.05, 4.69) is 30.3 Å². The van der Waals surface area contributed by atoms with Crippen LogP contribution in [0.3, 0.4) is 0 Å². The molecule has 2 atom stereocenters. The van der Waals surface area contributed by atoms with Gasteiger partial charge in [0.15, 0.2) is 0 Å². The van der Waals surface area contributed by atoms with Crippen LogP contribution in [0.1, 0.15) is 38.8 Å². The molecule has 1 saturated carbocycles. The van der Waals surface area contributed by atoms with Gasteiger partial charge in [0.1, 0.15) is 12.4 Å². The second-order valence-corrected chi connectivity index (χ2v) is 7.29. The summed E-state index contributed by atoms with van der Waals surface area (Å²) in [5.41, 5.74) is 8.62. The van der Waals surface area contributed by atoms with Crippen molar-refractivity contribution in [2.45, 2.75) is 46.6 Å². The summed E-state index contributed by atoms with van der Waals surface area (Å²) in [6, 6.07) is 1.77. The maximum Gasteiger partial charge on any atom is 0.241 e. The molecule has 0 aliphatic heterocycles. The summed E-state index contributed by atoms with van der Waals surface area (Å²) in [7, 11) is 0. The number of nitrogens with two attached hydrogens (primary N) is 1. The number of rotatable bonds is 5. The van der Waals surface area contributed by atoms with E-state index in [4.69, 9.17) is 5.73 Å². The number of carbonyl (C=O) groups excluding carboxylic acids is 1. The van der Waals surface area contributed by atoms with Crippen molar-refractivity contribution in [3.8, 4) is 0 Å². The molecular formula is C17H26N4O. The van der Waals surface area contributed by atoms with Gasteiger partial charge in [-0.1, -0.05) is 25.5 Å². The fourth-order valence-electron chi connectivity index (χ4n) is 3.99. The van der Waals surface area contributed by atoms with Crippen LogP contribution in [-0.2, 0) is 11.3 Å². The van der Waals surface area contributed by atoms with Crippen LogP contribution in [-0.4, -0.2) is 22.2 Å². The fourth-order valence-corrected chi connectivity index (χ4v) is 3.99. The average molecular weight is 302 g/mol. The third-order valence-electron chi connectivity index (χ3n) is 5.55. The van der Waals surface area contributed by atoms with Gasteiger partial charge in [0.25, 0.3) is 0 Å². The third-order valence-corrected chi connectivity index (χ3v) is 5.55. The molecule has 0 saturated heterocycles. The minimum absolute atomic E-state index is 0.0306. The van der Waals surface area contributed by atoms with Crippen molar-refractivity contribution in [1.29, 1.82) is 0 Å². The minimum atomic E-state index is -0.0306. The van der Waals surface area contributed by atoms with Gasteiger partial charge in [-0.15, -0.1) is 0 Å². The second kappa shape index (κ2) is 5.45. The Morgan fingerprint density at radius 1 is 1.55 bits per heavy atom. The highest BCUT2D eigenvalue weighted by atomic mass is 16.2. The molecule has 3 aliphatic carbocycles. The Balaban J connectivity index is 1.46. The van der Waals surface area contributed by atoms with Crippen LogP contribution in [0.15, 0.2) is 17.7 Å². The van der Waals surface area contributed by atoms with Gasteiger partial charge in [0.05, 0.1) is 5.69 Å². The molecule has 2 bridgehead atoms. The highest BCUT2D eigenvalue weighted by molar-refractivity contribution is 5.76. The first-order valence-corrected chi connectivity index (χ1v) is 8.13. The van der Waals surface area contributed by atoms with E-state index in [0.29, 0.717) is 23.7 Å². The quantitative estimate of drug-likeness (QED) is 0.820. The predicted molar refractivity (Wildman–Crippen MR) is 87.1 cm³/mol. The zero-order valence-corrected chi connectivity index (χ0v) is 13.7. The number of hydrogen-bond donors (Lipinski definition) is 2. The van der Waals surface area contributed by atoms with Crippen LogP contribution in [0, 0.1) is 24.2 Å². The van der Waals surface area contributed by atoms with Crippen LogP contribution >= 0.6 is 0 Å². The molecule has 4 rings (SSSR count). The van der Waals surface area contributed by atoms with Crippen LogP contribution in [0.25, 0.3) is 0 Å². The zero-order valence-electron chi connectivity index (χ0n) is 13.7. The van der Waals surface area contributed by atoms with Crippen LogP contribution in [0.5, 0.6) is 0 Å². The number of allylic oxidation sites excluding steroid dienone is 1. The standard InChI is InChI=1S/C17H26N4O/c1-11-8-15(18)21(20-11)10-16(22)19-7-6-12-4-5-13-9-14(12)17(13,2)3/h4,8,13-14H,5-7,9-10,18H2,1-3H3,(H,19,22)/t13-,14-/m0/s1. The Hall–Kier alpha value is -1.78. The van der Waals surface area contributed by atoms with Gasteiger partial charge < -0.3 is 11.1 Å². The Bertz CT molecular complexity index is 614. The first-order valence-electron chi connectivity index (χ1n) is 8.13. The summed E-state index contributed by atoms with van der Waals surface area (Å²) < 4.78 is 1.55. The van der Waals surface area contributed by atoms with Crippen molar-refractivity contribution in [3.63, 3.8) is 0 Å². The van der Waals surface area contributed by atoms with Crippen LogP contribution in [0.2, 0.25) is 0 Å². The van der Waals surface area contributed by atoms with Crippen molar-refractivity contribution >= 4 is 11.7 Å². The molecule has 1 amide bonds. The van der Waals surface area contributed by atoms with Gasteiger partial charge in [-0.05, 0) is 43.4 Å². The van der Waals surface area contributed by atoms with Crippen molar-refractivity contribution in [3.05, 3.63) is 23.4 Å². The molecule has 1 fully saturated rings. The molecule has 22 heavy (non-hydrogen) atoms. The maximum atomic E-state index is 12.0. The fraction of sp³-hybridized carbons (Fsp3) is 0.647. The predicted octanol–water partition coefficient (Wildman–Crippen LogP) is 2.27. The lowest BCUT2D eigenvalue weighted by Crippen LogP contribution is -2.48. The van der Waals surface area contributed by atoms with E-state index in [1.165, 1.54) is 18.4 Å². The van der Waals surface area contributed by atoms with E-state index in [-0.39, 0.29) is 12.5 Å². The number of aromatic nitrogens is 2. The topological polar surface area (TPSA) is 72.9 Å². The number of fused-ring (bicyclic) bond motifs is 1. The summed E-state index contributed by atoms with van der Waals surface area (Å²) in [4.78, 5) is 12.0. The lowest BCUT2D eigenvalue weighted by atomic mass is 9.48. The molecule has 3 aliphatic rings. The van der Waals surface area contributed by atoms with Gasteiger partial charge in [0.2, 0.25) is 5.91 Å². The molecule has 1 aromatic rings. The Labute approximate surface area is 131 Å². The largest absolute Gasteiger partial charge is 0.384 e. The summed E-state index contributed by atoms with van der Waals surface area (Å²) in [6.45, 7) is 7.51. The molecule has 0 spiro atoms. The number of amides is 1. The van der Waals surface area contributed by atoms with Gasteiger partial charge in [-0.25, -0.2) is 4.68 Å². The number of anilines is 1. The second-order valence-electron chi connectivity index (χ2n) is 7.29. The third kappa shape index (κ3) is 2.64. The molecule has 0 aromatic carbocycles. The van der Waals surface area contributed by atoms with E-state index in [9.17, 15) is 4.79 Å². The summed E-state index contributed by atoms with van der Waals surface area (Å²) in [6.07, 6.45) is 5.89. The number of hydrogen-bond acceptors (Lipinski definition) is 3. The zero-order chi connectivity index (χ0) is 15.9. The molecule has 1 heterocycles. The number of carbonyl (C=O) groups is 1. The monoisotopic (exact) mass is 302 g/mol. The van der Waals surface area contributed by atoms with Crippen molar-refractivity contribution in [1.82, 2.24) is 15.1 Å². The molecule has 5 heteroatoms. The smallest absolute Gasteiger partial charge is 0.241 e. The number of nitrogens with zero attached hydrogens (tertiary/aromatic N) is 2. The minimum Gasteiger partial charge on any atom is -0.384 e. The molecule has 1 aromatic heterocycles. The van der Waals surface area contributed by atoms with Crippen LogP contribution < -0.4 is 11.1 Å². The van der Waals surface area contributed by atoms with E-state index in [0.717, 1.165) is 18.0 Å². The molecule has 0 unspecified atom stereocenters. The van der Waals surface area contributed by atoms with Crippen molar-refractivity contribution in [2.75, 3.05) is 12.3 Å². The molecule has 3 N–H and O–H groups in total. The van der Waals surface area contributed by atoms with E-state index in [1.54, 1.807) is 10.7 Å². The SMILES string of the molecule is Cc1cc(N)n(CC(=O)NCCC2=CC[C@H]3C[C@@H]2C3(C)C)n1. The molecular weight excluding hydrogens is 276 g/mol. The number of nitrogens with one attached hydrogen (secondary N) is 1. The normalized spacial score (nSPS) is 25.3. The average Bonchev–Trinajstić information content (AvgIpc) is 2.76. The van der Waals surface area contributed by atoms with Crippen molar-refractivity contribution in [2.24, 2.45) is 17.3 Å². The highest BCUT2D eigenvalue weighted by Gasteiger charge is 2.50. The lowest BCUT2D eigenvalue weighted by molar-refractivity contribution is -0.121. The lowest BCUT2D eigenvalue weighted by Gasteiger charge is -2.56. The van der Waals surface area contributed by atoms with Gasteiger partial charge >= 0.3 is 0 Å². The summed E-state index contributed by atoms with van der Waals surface area (Å²) >= 11 is 0. The van der Waals surface area contributed by atoms with E-state index in [1.807, 2.05) is 6.92 Å². The van der Waals surface area contributed by atoms with E-state index >= 15 is 0 Å². The Kier molecular flexibility index (Phi) is 3.75. The highest BCUT2D eigenvalue weighted by Crippen LogP contribution is 2.59. The van der Waals surface area contributed by atoms with Gasteiger partial charge in [-0.3, -0.25) is 4.79 Å². The van der Waals surface area contributed by atoms with Gasteiger partial charge in [0, 0.05) is 12.6 Å². The molecule has 0 radical (unpaired) electrons. The number of aryl methyl sites for hydroxylation is 1. The molecule has 120 valence electrons.